The molecule has 1 unspecified atom stereocenters. The molecule has 0 aromatic heterocycles. The van der Waals surface area contributed by atoms with Crippen molar-refractivity contribution >= 4 is 0 Å². The fourth-order valence-corrected chi connectivity index (χ4v) is 1.17. The molecule has 0 radical (unpaired) electrons. The zero-order valence-electron chi connectivity index (χ0n) is 9.33. The van der Waals surface area contributed by atoms with E-state index in [1.54, 1.807) is 13.0 Å². The van der Waals surface area contributed by atoms with E-state index in [0.717, 1.165) is 0 Å². The van der Waals surface area contributed by atoms with E-state index < -0.39 is 6.10 Å². The van der Waals surface area contributed by atoms with Gasteiger partial charge in [0, 0.05) is 6.07 Å². The fraction of sp³-hybridized carbons (Fsp3) is 0.500. The molecule has 0 fully saturated rings. The number of benzene rings is 1. The van der Waals surface area contributed by atoms with Crippen molar-refractivity contribution in [1.82, 2.24) is 0 Å². The normalized spacial score (nSPS) is 12.9. The van der Waals surface area contributed by atoms with Crippen LogP contribution in [0.1, 0.15) is 32.4 Å². The summed E-state index contributed by atoms with van der Waals surface area (Å²) in [6.45, 7) is 6.19. The SMILES string of the molecule is CC(C)COc1cc(F)cc(C(C)O)c1. The van der Waals surface area contributed by atoms with Crippen molar-refractivity contribution in [3.63, 3.8) is 0 Å². The molecular formula is C12H17FO2. The van der Waals surface area contributed by atoms with Gasteiger partial charge in [-0.15, -0.1) is 0 Å². The average molecular weight is 212 g/mol. The lowest BCUT2D eigenvalue weighted by Gasteiger charge is -2.11. The maximum absolute atomic E-state index is 13.1. The van der Waals surface area contributed by atoms with Gasteiger partial charge in [-0.1, -0.05) is 13.8 Å². The minimum Gasteiger partial charge on any atom is -0.493 e. The number of hydrogen-bond donors (Lipinski definition) is 1. The molecule has 1 aromatic carbocycles. The Morgan fingerprint density at radius 2 is 1.93 bits per heavy atom. The molecule has 3 heteroatoms. The predicted octanol–water partition coefficient (Wildman–Crippen LogP) is 2.91. The first-order valence-corrected chi connectivity index (χ1v) is 5.10. The fourth-order valence-electron chi connectivity index (χ4n) is 1.17. The lowest BCUT2D eigenvalue weighted by atomic mass is 10.1. The van der Waals surface area contributed by atoms with E-state index in [-0.39, 0.29) is 5.82 Å². The van der Waals surface area contributed by atoms with E-state index in [9.17, 15) is 9.50 Å². The minimum atomic E-state index is -0.679. The first kappa shape index (κ1) is 12.0. The van der Waals surface area contributed by atoms with Gasteiger partial charge in [-0.05, 0) is 30.5 Å². The van der Waals surface area contributed by atoms with Crippen LogP contribution in [0.3, 0.4) is 0 Å². The molecule has 1 aromatic rings. The molecule has 0 saturated carbocycles. The van der Waals surface area contributed by atoms with Crippen LogP contribution in [-0.2, 0) is 0 Å². The lowest BCUT2D eigenvalue weighted by molar-refractivity contribution is 0.197. The van der Waals surface area contributed by atoms with E-state index in [1.807, 2.05) is 13.8 Å². The van der Waals surface area contributed by atoms with Crippen molar-refractivity contribution in [3.05, 3.63) is 29.6 Å². The van der Waals surface area contributed by atoms with E-state index in [0.29, 0.717) is 23.8 Å². The summed E-state index contributed by atoms with van der Waals surface area (Å²) in [5, 5.41) is 9.33. The number of hydrogen-bond acceptors (Lipinski definition) is 2. The van der Waals surface area contributed by atoms with Crippen LogP contribution in [-0.4, -0.2) is 11.7 Å². The molecule has 0 aliphatic heterocycles. The number of halogens is 1. The highest BCUT2D eigenvalue weighted by Gasteiger charge is 2.06. The number of rotatable bonds is 4. The average Bonchev–Trinajstić information content (AvgIpc) is 2.13. The highest BCUT2D eigenvalue weighted by molar-refractivity contribution is 5.30. The summed E-state index contributed by atoms with van der Waals surface area (Å²) in [4.78, 5) is 0. The molecule has 0 bridgehead atoms. The van der Waals surface area contributed by atoms with E-state index in [1.165, 1.54) is 12.1 Å². The molecular weight excluding hydrogens is 195 g/mol. The Kier molecular flexibility index (Phi) is 4.09. The van der Waals surface area contributed by atoms with Gasteiger partial charge in [-0.3, -0.25) is 0 Å². The standard InChI is InChI=1S/C12H17FO2/c1-8(2)7-15-12-5-10(9(3)14)4-11(13)6-12/h4-6,8-9,14H,7H2,1-3H3. The van der Waals surface area contributed by atoms with Gasteiger partial charge in [0.1, 0.15) is 11.6 Å². The van der Waals surface area contributed by atoms with Crippen LogP contribution in [0.5, 0.6) is 5.75 Å². The van der Waals surface area contributed by atoms with Crippen LogP contribution in [0.25, 0.3) is 0 Å². The highest BCUT2D eigenvalue weighted by Crippen LogP contribution is 2.21. The third-order valence-corrected chi connectivity index (χ3v) is 1.96. The Hall–Kier alpha value is -1.09. The van der Waals surface area contributed by atoms with E-state index in [4.69, 9.17) is 4.74 Å². The maximum atomic E-state index is 13.1. The van der Waals surface area contributed by atoms with Crippen LogP contribution in [0.2, 0.25) is 0 Å². The summed E-state index contributed by atoms with van der Waals surface area (Å²) in [7, 11) is 0. The van der Waals surface area contributed by atoms with Crippen LogP contribution in [0.15, 0.2) is 18.2 Å². The van der Waals surface area contributed by atoms with Crippen LogP contribution in [0.4, 0.5) is 4.39 Å². The van der Waals surface area contributed by atoms with Crippen LogP contribution >= 0.6 is 0 Å². The molecule has 0 aliphatic carbocycles. The van der Waals surface area contributed by atoms with Crippen molar-refractivity contribution in [3.8, 4) is 5.75 Å². The zero-order chi connectivity index (χ0) is 11.4. The van der Waals surface area contributed by atoms with Crippen molar-refractivity contribution in [2.75, 3.05) is 6.61 Å². The van der Waals surface area contributed by atoms with E-state index >= 15 is 0 Å². The van der Waals surface area contributed by atoms with Crippen molar-refractivity contribution in [2.45, 2.75) is 26.9 Å². The van der Waals surface area contributed by atoms with Crippen molar-refractivity contribution in [2.24, 2.45) is 5.92 Å². The number of ether oxygens (including phenoxy) is 1. The summed E-state index contributed by atoms with van der Waals surface area (Å²) in [5.41, 5.74) is 0.536. The van der Waals surface area contributed by atoms with Gasteiger partial charge in [-0.25, -0.2) is 4.39 Å². The van der Waals surface area contributed by atoms with Gasteiger partial charge in [0.25, 0.3) is 0 Å². The molecule has 0 saturated heterocycles. The Morgan fingerprint density at radius 3 is 2.47 bits per heavy atom. The summed E-state index contributed by atoms with van der Waals surface area (Å²) < 4.78 is 18.5. The summed E-state index contributed by atoms with van der Waals surface area (Å²) in [5.74, 6) is 0.482. The molecule has 1 rings (SSSR count). The molecule has 1 N–H and O–H groups in total. The molecule has 1 atom stereocenters. The largest absolute Gasteiger partial charge is 0.493 e. The monoisotopic (exact) mass is 212 g/mol. The van der Waals surface area contributed by atoms with Gasteiger partial charge in [-0.2, -0.15) is 0 Å². The minimum absolute atomic E-state index is 0.382. The number of aliphatic hydroxyl groups excluding tert-OH is 1. The third-order valence-electron chi connectivity index (χ3n) is 1.96. The van der Waals surface area contributed by atoms with Crippen molar-refractivity contribution < 1.29 is 14.2 Å². The van der Waals surface area contributed by atoms with Gasteiger partial charge in [0.2, 0.25) is 0 Å². The molecule has 0 spiro atoms. The molecule has 2 nitrogen and oxygen atoms in total. The summed E-state index contributed by atoms with van der Waals surface area (Å²) >= 11 is 0. The first-order chi connectivity index (χ1) is 6.99. The highest BCUT2D eigenvalue weighted by atomic mass is 19.1. The second kappa shape index (κ2) is 5.12. The van der Waals surface area contributed by atoms with Crippen LogP contribution < -0.4 is 4.74 Å². The topological polar surface area (TPSA) is 29.5 Å². The van der Waals surface area contributed by atoms with Gasteiger partial charge in [0.05, 0.1) is 12.7 Å². The second-order valence-electron chi connectivity index (χ2n) is 4.10. The first-order valence-electron chi connectivity index (χ1n) is 5.10. The predicted molar refractivity (Wildman–Crippen MR) is 57.4 cm³/mol. The van der Waals surface area contributed by atoms with Gasteiger partial charge < -0.3 is 9.84 Å². The quantitative estimate of drug-likeness (QED) is 0.831. The Morgan fingerprint density at radius 1 is 1.27 bits per heavy atom. The lowest BCUT2D eigenvalue weighted by Crippen LogP contribution is -2.05. The molecule has 15 heavy (non-hydrogen) atoms. The Labute approximate surface area is 89.7 Å². The maximum Gasteiger partial charge on any atom is 0.127 e. The third kappa shape index (κ3) is 3.88. The van der Waals surface area contributed by atoms with Gasteiger partial charge in [0.15, 0.2) is 0 Å². The molecule has 0 aliphatic rings. The van der Waals surface area contributed by atoms with Gasteiger partial charge >= 0.3 is 0 Å². The number of aliphatic hydroxyl groups is 1. The zero-order valence-corrected chi connectivity index (χ0v) is 9.33. The smallest absolute Gasteiger partial charge is 0.127 e. The molecule has 84 valence electrons. The summed E-state index contributed by atoms with van der Waals surface area (Å²) in [6, 6.07) is 4.30. The molecule has 0 amide bonds. The molecule has 0 heterocycles. The Balaban J connectivity index is 2.79. The van der Waals surface area contributed by atoms with Crippen molar-refractivity contribution in [1.29, 1.82) is 0 Å². The van der Waals surface area contributed by atoms with Crippen LogP contribution in [0, 0.1) is 11.7 Å². The Bertz CT molecular complexity index is 321. The second-order valence-corrected chi connectivity index (χ2v) is 4.10. The summed E-state index contributed by atoms with van der Waals surface area (Å²) in [6.07, 6.45) is -0.679. The van der Waals surface area contributed by atoms with E-state index in [2.05, 4.69) is 0 Å².